The van der Waals surface area contributed by atoms with Gasteiger partial charge in [-0.1, -0.05) is 16.8 Å². The molecule has 4 rings (SSSR count). The Balaban J connectivity index is 1.13. The van der Waals surface area contributed by atoms with Crippen molar-refractivity contribution >= 4 is 29.3 Å². The number of rotatable bonds is 9. The van der Waals surface area contributed by atoms with Gasteiger partial charge in [-0.05, 0) is 86.6 Å². The van der Waals surface area contributed by atoms with E-state index in [1.54, 1.807) is 23.9 Å². The molecule has 1 saturated heterocycles. The fourth-order valence-electron chi connectivity index (χ4n) is 3.73. The zero-order valence-electron chi connectivity index (χ0n) is 18.2. The normalized spacial score (nSPS) is 15.0. The van der Waals surface area contributed by atoms with Crippen LogP contribution in [0.5, 0.6) is 0 Å². The second-order valence-electron chi connectivity index (χ2n) is 8.02. The Labute approximate surface area is 201 Å². The van der Waals surface area contributed by atoms with Gasteiger partial charge in [-0.15, -0.1) is 11.8 Å². The number of likely N-dealkylation sites (tertiary alicyclic amines) is 1. The first kappa shape index (κ1) is 23.7. The number of piperidine rings is 1. The van der Waals surface area contributed by atoms with Crippen molar-refractivity contribution in [2.75, 3.05) is 25.4 Å². The molecule has 0 aliphatic carbocycles. The topological polar surface area (TPSA) is 71.3 Å². The fraction of sp³-hybridized carbons (Fsp3) is 0.375. The number of carbonyl (C=O) groups is 1. The van der Waals surface area contributed by atoms with Crippen molar-refractivity contribution < 1.29 is 13.7 Å². The molecule has 0 atom stereocenters. The van der Waals surface area contributed by atoms with Crippen molar-refractivity contribution in [3.63, 3.8) is 0 Å². The highest BCUT2D eigenvalue weighted by atomic mass is 35.5. The van der Waals surface area contributed by atoms with Gasteiger partial charge in [0, 0.05) is 27.9 Å². The van der Waals surface area contributed by atoms with E-state index in [1.807, 2.05) is 24.3 Å². The van der Waals surface area contributed by atoms with Crippen molar-refractivity contribution in [1.82, 2.24) is 20.4 Å². The first-order valence-corrected chi connectivity index (χ1v) is 12.4. The fourth-order valence-corrected chi connectivity index (χ4v) is 4.71. The molecule has 174 valence electrons. The van der Waals surface area contributed by atoms with E-state index in [0.717, 1.165) is 43.1 Å². The van der Waals surface area contributed by atoms with E-state index in [9.17, 15) is 9.18 Å². The van der Waals surface area contributed by atoms with Crippen LogP contribution in [0.1, 0.15) is 25.2 Å². The molecule has 1 aliphatic heterocycles. The largest absolute Gasteiger partial charge is 0.356 e. The number of halogens is 2. The van der Waals surface area contributed by atoms with E-state index in [1.165, 1.54) is 17.0 Å². The number of amides is 1. The van der Waals surface area contributed by atoms with Gasteiger partial charge in [0.15, 0.2) is 0 Å². The van der Waals surface area contributed by atoms with E-state index in [0.29, 0.717) is 30.4 Å². The number of benzene rings is 2. The third-order valence-electron chi connectivity index (χ3n) is 5.59. The monoisotopic (exact) mass is 488 g/mol. The van der Waals surface area contributed by atoms with Crippen LogP contribution in [-0.2, 0) is 11.3 Å². The summed E-state index contributed by atoms with van der Waals surface area (Å²) in [6.07, 6.45) is 2.54. The molecule has 1 N–H and O–H groups in total. The molecule has 3 aromatic rings. The Kier molecular flexibility index (Phi) is 8.36. The minimum absolute atomic E-state index is 0.0441. The number of aromatic nitrogens is 2. The second kappa shape index (κ2) is 11.6. The van der Waals surface area contributed by atoms with Gasteiger partial charge in [-0.2, -0.15) is 4.98 Å². The summed E-state index contributed by atoms with van der Waals surface area (Å²) < 4.78 is 18.4. The lowest BCUT2D eigenvalue weighted by atomic mass is 9.96. The molecule has 0 bridgehead atoms. The summed E-state index contributed by atoms with van der Waals surface area (Å²) in [6, 6.07) is 13.8. The van der Waals surface area contributed by atoms with E-state index >= 15 is 0 Å². The molecule has 1 amide bonds. The lowest BCUT2D eigenvalue weighted by molar-refractivity contribution is -0.126. The minimum Gasteiger partial charge on any atom is -0.356 e. The van der Waals surface area contributed by atoms with Crippen molar-refractivity contribution in [1.29, 1.82) is 0 Å². The summed E-state index contributed by atoms with van der Waals surface area (Å²) in [6.45, 7) is 2.84. The molecular formula is C24H26ClFN4O2S. The van der Waals surface area contributed by atoms with Gasteiger partial charge < -0.3 is 9.84 Å². The van der Waals surface area contributed by atoms with Gasteiger partial charge in [0.2, 0.25) is 17.6 Å². The number of hydrogen-bond donors (Lipinski definition) is 1. The van der Waals surface area contributed by atoms with E-state index in [2.05, 4.69) is 20.4 Å². The Morgan fingerprint density at radius 3 is 2.61 bits per heavy atom. The number of nitrogens with zero attached hydrogens (tertiary/aromatic N) is 3. The number of nitrogens with one attached hydrogen (secondary N) is 1. The lowest BCUT2D eigenvalue weighted by Gasteiger charge is -2.30. The van der Waals surface area contributed by atoms with Crippen LogP contribution in [0, 0.1) is 11.7 Å². The van der Waals surface area contributed by atoms with Crippen LogP contribution in [0.4, 0.5) is 4.39 Å². The molecule has 2 aromatic carbocycles. The number of carbonyl (C=O) groups excluding carboxylic acids is 1. The van der Waals surface area contributed by atoms with Crippen LogP contribution in [0.15, 0.2) is 57.9 Å². The summed E-state index contributed by atoms with van der Waals surface area (Å²) >= 11 is 7.67. The van der Waals surface area contributed by atoms with Crippen molar-refractivity contribution in [2.45, 2.75) is 30.7 Å². The van der Waals surface area contributed by atoms with Gasteiger partial charge in [0.1, 0.15) is 5.82 Å². The third-order valence-corrected chi connectivity index (χ3v) is 6.94. The molecule has 6 nitrogen and oxygen atoms in total. The highest BCUT2D eigenvalue weighted by Gasteiger charge is 2.25. The maximum absolute atomic E-state index is 13.1. The van der Waals surface area contributed by atoms with E-state index in [4.69, 9.17) is 16.1 Å². The molecule has 2 heterocycles. The first-order chi connectivity index (χ1) is 16.1. The molecule has 1 fully saturated rings. The average Bonchev–Trinajstić information content (AvgIpc) is 3.29. The van der Waals surface area contributed by atoms with Gasteiger partial charge in [0.25, 0.3) is 0 Å². The minimum atomic E-state index is -0.300. The molecule has 0 spiro atoms. The SMILES string of the molecule is O=C(NCCCSc1ccc(Cl)cc1)C1CCN(Cc2nc(-c3ccc(F)cc3)no2)CC1. The van der Waals surface area contributed by atoms with Crippen LogP contribution in [-0.4, -0.2) is 46.3 Å². The predicted octanol–water partition coefficient (Wildman–Crippen LogP) is 5.04. The quantitative estimate of drug-likeness (QED) is 0.336. The first-order valence-electron chi connectivity index (χ1n) is 11.0. The summed E-state index contributed by atoms with van der Waals surface area (Å²) in [7, 11) is 0. The summed E-state index contributed by atoms with van der Waals surface area (Å²) in [5.41, 5.74) is 0.716. The Morgan fingerprint density at radius 1 is 1.15 bits per heavy atom. The lowest BCUT2D eigenvalue weighted by Crippen LogP contribution is -2.40. The van der Waals surface area contributed by atoms with Gasteiger partial charge in [-0.3, -0.25) is 9.69 Å². The second-order valence-corrected chi connectivity index (χ2v) is 9.62. The van der Waals surface area contributed by atoms with Gasteiger partial charge in [-0.25, -0.2) is 4.39 Å². The van der Waals surface area contributed by atoms with Crippen LogP contribution in [0.25, 0.3) is 11.4 Å². The molecule has 0 radical (unpaired) electrons. The highest BCUT2D eigenvalue weighted by Crippen LogP contribution is 2.22. The molecular weight excluding hydrogens is 463 g/mol. The summed E-state index contributed by atoms with van der Waals surface area (Å²) in [5, 5.41) is 7.81. The molecule has 0 unspecified atom stereocenters. The van der Waals surface area contributed by atoms with Gasteiger partial charge >= 0.3 is 0 Å². The summed E-state index contributed by atoms with van der Waals surface area (Å²) in [4.78, 5) is 20.3. The maximum Gasteiger partial charge on any atom is 0.241 e. The summed E-state index contributed by atoms with van der Waals surface area (Å²) in [5.74, 6) is 1.81. The van der Waals surface area contributed by atoms with Gasteiger partial charge in [0.05, 0.1) is 6.54 Å². The van der Waals surface area contributed by atoms with E-state index < -0.39 is 0 Å². The Bertz CT molecular complexity index is 1040. The number of thioether (sulfide) groups is 1. The van der Waals surface area contributed by atoms with Crippen molar-refractivity contribution in [2.24, 2.45) is 5.92 Å². The molecule has 1 aromatic heterocycles. The molecule has 33 heavy (non-hydrogen) atoms. The Hall–Kier alpha value is -2.42. The molecule has 1 aliphatic rings. The maximum atomic E-state index is 13.1. The van der Waals surface area contributed by atoms with Crippen LogP contribution < -0.4 is 5.32 Å². The standard InChI is InChI=1S/C24H26ClFN4O2S/c25-19-4-8-21(9-5-19)33-15-1-12-27-24(31)18-10-13-30(14-11-18)16-22-28-23(29-32-22)17-2-6-20(26)7-3-17/h2-9,18H,1,10-16H2,(H,27,31). The third kappa shape index (κ3) is 7.03. The molecule has 9 heteroatoms. The smallest absolute Gasteiger partial charge is 0.241 e. The average molecular weight is 489 g/mol. The van der Waals surface area contributed by atoms with Crippen molar-refractivity contribution in [3.05, 3.63) is 65.3 Å². The number of hydrogen-bond acceptors (Lipinski definition) is 6. The van der Waals surface area contributed by atoms with Crippen LogP contribution in [0.2, 0.25) is 5.02 Å². The van der Waals surface area contributed by atoms with Crippen molar-refractivity contribution in [3.8, 4) is 11.4 Å². The Morgan fingerprint density at radius 2 is 1.88 bits per heavy atom. The zero-order chi connectivity index (χ0) is 23.0. The highest BCUT2D eigenvalue weighted by molar-refractivity contribution is 7.99. The predicted molar refractivity (Wildman–Crippen MR) is 127 cm³/mol. The molecule has 0 saturated carbocycles. The van der Waals surface area contributed by atoms with Crippen LogP contribution >= 0.6 is 23.4 Å². The van der Waals surface area contributed by atoms with Crippen LogP contribution in [0.3, 0.4) is 0 Å². The van der Waals surface area contributed by atoms with E-state index in [-0.39, 0.29) is 17.6 Å². The zero-order valence-corrected chi connectivity index (χ0v) is 19.7.